The van der Waals surface area contributed by atoms with Crippen LogP contribution in [0.3, 0.4) is 0 Å². The molecule has 20 heavy (non-hydrogen) atoms. The molecule has 0 fully saturated rings. The lowest BCUT2D eigenvalue weighted by Crippen LogP contribution is -2.26. The molecule has 0 saturated heterocycles. The van der Waals surface area contributed by atoms with Gasteiger partial charge in [0.25, 0.3) is 0 Å². The van der Waals surface area contributed by atoms with Crippen LogP contribution in [0.25, 0.3) is 0 Å². The standard InChI is InChI=1S/C13H13ClN2O2S2/c1-8-9(2)19-13(15-8)6-16-12-5-11(14)4-3-10(12)7-20(16,17)18/h3-5H,6-7H2,1-2H3. The minimum absolute atomic E-state index is 0.0306. The average Bonchev–Trinajstić information content (AvgIpc) is 2.79. The highest BCUT2D eigenvalue weighted by atomic mass is 35.5. The number of rotatable bonds is 2. The zero-order chi connectivity index (χ0) is 14.5. The molecule has 106 valence electrons. The second-order valence-corrected chi connectivity index (χ2v) is 8.40. The van der Waals surface area contributed by atoms with Gasteiger partial charge in [-0.2, -0.15) is 0 Å². The topological polar surface area (TPSA) is 50.3 Å². The van der Waals surface area contributed by atoms with Gasteiger partial charge in [-0.15, -0.1) is 11.3 Å². The lowest BCUT2D eigenvalue weighted by atomic mass is 10.2. The maximum Gasteiger partial charge on any atom is 0.239 e. The largest absolute Gasteiger partial charge is 0.263 e. The van der Waals surface area contributed by atoms with Crippen LogP contribution in [0.2, 0.25) is 5.02 Å². The Morgan fingerprint density at radius 3 is 2.80 bits per heavy atom. The summed E-state index contributed by atoms with van der Waals surface area (Å²) in [5.74, 6) is 0.0306. The number of thiazole rings is 1. The van der Waals surface area contributed by atoms with Crippen molar-refractivity contribution in [3.05, 3.63) is 44.4 Å². The van der Waals surface area contributed by atoms with E-state index >= 15 is 0 Å². The van der Waals surface area contributed by atoms with Gasteiger partial charge in [0.15, 0.2) is 0 Å². The smallest absolute Gasteiger partial charge is 0.239 e. The van der Waals surface area contributed by atoms with E-state index in [-0.39, 0.29) is 12.3 Å². The van der Waals surface area contributed by atoms with Gasteiger partial charge < -0.3 is 0 Å². The second-order valence-electron chi connectivity index (χ2n) is 4.79. The molecule has 1 aromatic carbocycles. The Hall–Kier alpha value is -1.11. The van der Waals surface area contributed by atoms with E-state index in [0.29, 0.717) is 10.7 Å². The fourth-order valence-electron chi connectivity index (χ4n) is 2.23. The number of halogens is 1. The van der Waals surface area contributed by atoms with Crippen molar-refractivity contribution >= 4 is 38.6 Å². The van der Waals surface area contributed by atoms with E-state index in [2.05, 4.69) is 4.98 Å². The third-order valence-corrected chi connectivity index (χ3v) is 6.31. The van der Waals surface area contributed by atoms with E-state index in [9.17, 15) is 8.42 Å². The molecule has 3 rings (SSSR count). The minimum atomic E-state index is -3.32. The molecule has 1 aliphatic rings. The van der Waals surface area contributed by atoms with E-state index in [4.69, 9.17) is 11.6 Å². The maximum absolute atomic E-state index is 12.3. The number of sulfonamides is 1. The summed E-state index contributed by atoms with van der Waals surface area (Å²) in [7, 11) is -3.32. The molecule has 0 amide bonds. The molecule has 1 aromatic heterocycles. The number of anilines is 1. The third kappa shape index (κ3) is 2.32. The fraction of sp³-hybridized carbons (Fsp3) is 0.308. The van der Waals surface area contributed by atoms with Gasteiger partial charge in [-0.1, -0.05) is 17.7 Å². The molecule has 4 nitrogen and oxygen atoms in total. The van der Waals surface area contributed by atoms with Crippen molar-refractivity contribution in [2.75, 3.05) is 4.31 Å². The first-order valence-corrected chi connectivity index (χ1v) is 8.89. The molecule has 0 N–H and O–H groups in total. The summed E-state index contributed by atoms with van der Waals surface area (Å²) >= 11 is 7.51. The predicted octanol–water partition coefficient (Wildman–Crippen LogP) is 3.26. The van der Waals surface area contributed by atoms with E-state index in [1.807, 2.05) is 13.8 Å². The van der Waals surface area contributed by atoms with Gasteiger partial charge in [-0.25, -0.2) is 13.4 Å². The van der Waals surface area contributed by atoms with Gasteiger partial charge in [0.05, 0.1) is 23.7 Å². The SMILES string of the molecule is Cc1nc(CN2c3cc(Cl)ccc3CS2(=O)=O)sc1C. The van der Waals surface area contributed by atoms with E-state index in [0.717, 1.165) is 21.1 Å². The highest BCUT2D eigenvalue weighted by molar-refractivity contribution is 7.92. The minimum Gasteiger partial charge on any atom is -0.263 e. The van der Waals surface area contributed by atoms with Gasteiger partial charge in [-0.05, 0) is 31.5 Å². The number of hydrogen-bond acceptors (Lipinski definition) is 4. The molecule has 0 saturated carbocycles. The Morgan fingerprint density at radius 1 is 1.40 bits per heavy atom. The summed E-state index contributed by atoms with van der Waals surface area (Å²) in [4.78, 5) is 5.53. The van der Waals surface area contributed by atoms with Gasteiger partial charge >= 0.3 is 0 Å². The van der Waals surface area contributed by atoms with Crippen LogP contribution in [0.4, 0.5) is 5.69 Å². The van der Waals surface area contributed by atoms with Crippen LogP contribution < -0.4 is 4.31 Å². The van der Waals surface area contributed by atoms with Crippen LogP contribution in [-0.4, -0.2) is 13.4 Å². The van der Waals surface area contributed by atoms with E-state index in [1.54, 1.807) is 18.2 Å². The van der Waals surface area contributed by atoms with Gasteiger partial charge in [-0.3, -0.25) is 4.31 Å². The van der Waals surface area contributed by atoms with Gasteiger partial charge in [0, 0.05) is 9.90 Å². The van der Waals surface area contributed by atoms with Crippen molar-refractivity contribution in [2.24, 2.45) is 0 Å². The van der Waals surface area contributed by atoms with Crippen LogP contribution in [0.1, 0.15) is 21.1 Å². The normalized spacial score (nSPS) is 16.4. The summed E-state index contributed by atoms with van der Waals surface area (Å²) in [6.45, 7) is 4.19. The highest BCUT2D eigenvalue weighted by Gasteiger charge is 2.33. The summed E-state index contributed by atoms with van der Waals surface area (Å²) in [6, 6.07) is 5.19. The van der Waals surface area contributed by atoms with Crippen molar-refractivity contribution in [2.45, 2.75) is 26.1 Å². The number of aryl methyl sites for hydroxylation is 2. The molecule has 2 aromatic rings. The number of hydrogen-bond donors (Lipinski definition) is 0. The molecule has 7 heteroatoms. The van der Waals surface area contributed by atoms with Crippen LogP contribution in [0, 0.1) is 13.8 Å². The van der Waals surface area contributed by atoms with Crippen LogP contribution >= 0.6 is 22.9 Å². The molecule has 0 bridgehead atoms. The van der Waals surface area contributed by atoms with Crippen molar-refractivity contribution in [3.63, 3.8) is 0 Å². The quantitative estimate of drug-likeness (QED) is 0.850. The number of nitrogens with zero attached hydrogens (tertiary/aromatic N) is 2. The molecule has 0 spiro atoms. The van der Waals surface area contributed by atoms with Gasteiger partial charge in [0.1, 0.15) is 5.01 Å². The van der Waals surface area contributed by atoms with E-state index < -0.39 is 10.0 Å². The number of aromatic nitrogens is 1. The summed E-state index contributed by atoms with van der Waals surface area (Å²) < 4.78 is 26.0. The number of fused-ring (bicyclic) bond motifs is 1. The fourth-order valence-corrected chi connectivity index (χ4v) is 4.98. The second kappa shape index (κ2) is 4.72. The molecular formula is C13H13ClN2O2S2. The van der Waals surface area contributed by atoms with Crippen molar-refractivity contribution in [3.8, 4) is 0 Å². The first-order valence-electron chi connectivity index (χ1n) is 6.08. The lowest BCUT2D eigenvalue weighted by Gasteiger charge is -2.16. The molecule has 0 radical (unpaired) electrons. The molecular weight excluding hydrogens is 316 g/mol. The lowest BCUT2D eigenvalue weighted by molar-refractivity contribution is 0.593. The molecule has 0 aliphatic carbocycles. The Balaban J connectivity index is 2.02. The Bertz CT molecular complexity index is 764. The van der Waals surface area contributed by atoms with Crippen LogP contribution in [0.5, 0.6) is 0 Å². The van der Waals surface area contributed by atoms with Crippen LogP contribution in [-0.2, 0) is 22.3 Å². The summed E-state index contributed by atoms with van der Waals surface area (Å²) in [5.41, 5.74) is 2.41. The Kier molecular flexibility index (Phi) is 3.27. The maximum atomic E-state index is 12.3. The van der Waals surface area contributed by atoms with Crippen molar-refractivity contribution in [1.82, 2.24) is 4.98 Å². The predicted molar refractivity (Wildman–Crippen MR) is 81.8 cm³/mol. The first-order chi connectivity index (χ1) is 9.37. The average molecular weight is 329 g/mol. The summed E-state index contributed by atoms with van der Waals surface area (Å²) in [6.07, 6.45) is 0. The van der Waals surface area contributed by atoms with E-state index in [1.165, 1.54) is 15.6 Å². The molecule has 0 unspecified atom stereocenters. The highest BCUT2D eigenvalue weighted by Crippen LogP contribution is 2.37. The zero-order valence-corrected chi connectivity index (χ0v) is 13.4. The zero-order valence-electron chi connectivity index (χ0n) is 11.1. The number of benzene rings is 1. The van der Waals surface area contributed by atoms with Crippen LogP contribution in [0.15, 0.2) is 18.2 Å². The Morgan fingerprint density at radius 2 is 2.15 bits per heavy atom. The summed E-state index contributed by atoms with van der Waals surface area (Å²) in [5, 5.41) is 1.34. The molecule has 1 aliphatic heterocycles. The first kappa shape index (κ1) is 13.9. The van der Waals surface area contributed by atoms with Gasteiger partial charge in [0.2, 0.25) is 10.0 Å². The Labute approximate surface area is 127 Å². The van der Waals surface area contributed by atoms with Crippen molar-refractivity contribution in [1.29, 1.82) is 0 Å². The van der Waals surface area contributed by atoms with Crippen molar-refractivity contribution < 1.29 is 8.42 Å². The third-order valence-electron chi connectivity index (χ3n) is 3.34. The monoisotopic (exact) mass is 328 g/mol. The molecule has 0 atom stereocenters. The molecule has 2 heterocycles.